The van der Waals surface area contributed by atoms with Crippen LogP contribution in [-0.4, -0.2) is 43.9 Å². The molecule has 1 unspecified atom stereocenters. The molecule has 0 aromatic heterocycles. The molecule has 2 N–H and O–H groups in total. The van der Waals surface area contributed by atoms with Crippen LogP contribution in [0.3, 0.4) is 0 Å². The second-order valence-corrected chi connectivity index (χ2v) is 9.02. The van der Waals surface area contributed by atoms with E-state index in [0.29, 0.717) is 11.3 Å². The third-order valence-electron chi connectivity index (χ3n) is 4.18. The lowest BCUT2D eigenvalue weighted by atomic mass is 9.84. The Hall–Kier alpha value is -0.560. The summed E-state index contributed by atoms with van der Waals surface area (Å²) >= 11 is 1.90. The van der Waals surface area contributed by atoms with E-state index in [1.807, 2.05) is 11.8 Å². The van der Waals surface area contributed by atoms with Crippen LogP contribution in [0, 0.1) is 0 Å². The zero-order chi connectivity index (χ0) is 15.5. The molecule has 1 atom stereocenters. The topological polar surface area (TPSA) is 66.4 Å². The monoisotopic (exact) mass is 329 g/mol. The molecule has 0 heterocycles. The van der Waals surface area contributed by atoms with Crippen LogP contribution in [0.25, 0.3) is 0 Å². The minimum absolute atomic E-state index is 0.280. The van der Waals surface area contributed by atoms with E-state index in [0.717, 1.165) is 12.1 Å². The number of rotatable bonds is 7. The summed E-state index contributed by atoms with van der Waals surface area (Å²) < 4.78 is 23.1. The number of thioether (sulfide) groups is 1. The van der Waals surface area contributed by atoms with Crippen LogP contribution in [-0.2, 0) is 9.84 Å². The second-order valence-electron chi connectivity index (χ2n) is 5.73. The quantitative estimate of drug-likeness (QED) is 0.801. The van der Waals surface area contributed by atoms with Crippen LogP contribution in [0.15, 0.2) is 29.2 Å². The van der Waals surface area contributed by atoms with E-state index >= 15 is 0 Å². The van der Waals surface area contributed by atoms with E-state index in [1.165, 1.54) is 25.5 Å². The molecule has 0 spiro atoms. The van der Waals surface area contributed by atoms with Gasteiger partial charge >= 0.3 is 0 Å². The average Bonchev–Trinajstić information content (AvgIpc) is 2.41. The van der Waals surface area contributed by atoms with Crippen molar-refractivity contribution >= 4 is 21.6 Å². The van der Waals surface area contributed by atoms with Crippen LogP contribution in [0.4, 0.5) is 0 Å². The summed E-state index contributed by atoms with van der Waals surface area (Å²) in [7, 11) is -3.18. The van der Waals surface area contributed by atoms with Gasteiger partial charge in [-0.1, -0.05) is 18.6 Å². The molecule has 1 saturated carbocycles. The van der Waals surface area contributed by atoms with Crippen molar-refractivity contribution in [3.63, 3.8) is 0 Å². The number of aliphatic hydroxyl groups is 1. The van der Waals surface area contributed by atoms with Gasteiger partial charge in [-0.3, -0.25) is 0 Å². The normalized spacial score (nSPS) is 19.0. The maximum Gasteiger partial charge on any atom is 0.175 e. The molecule has 1 aromatic carbocycles. The summed E-state index contributed by atoms with van der Waals surface area (Å²) in [5.74, 6) is 0. The number of hydrogen-bond acceptors (Lipinski definition) is 5. The Bertz CT molecular complexity index is 560. The van der Waals surface area contributed by atoms with Crippen LogP contribution >= 0.6 is 11.8 Å². The van der Waals surface area contributed by atoms with Crippen LogP contribution in [0.2, 0.25) is 0 Å². The molecule has 6 heteroatoms. The van der Waals surface area contributed by atoms with Gasteiger partial charge in [-0.25, -0.2) is 8.42 Å². The van der Waals surface area contributed by atoms with Gasteiger partial charge in [0.15, 0.2) is 9.84 Å². The molecular weight excluding hydrogens is 306 g/mol. The Morgan fingerprint density at radius 1 is 1.33 bits per heavy atom. The van der Waals surface area contributed by atoms with Crippen molar-refractivity contribution in [2.24, 2.45) is 0 Å². The molecule has 118 valence electrons. The standard InChI is InChI=1S/C15H23NO3S2/c1-20-15(8-3-9-15)11-16-10-14(17)12-4-6-13(7-5-12)21(2,18)19/h4-7,14,16-17H,3,8-11H2,1-2H3. The van der Waals surface area contributed by atoms with Crippen molar-refractivity contribution in [2.75, 3.05) is 25.6 Å². The Morgan fingerprint density at radius 2 is 1.95 bits per heavy atom. The van der Waals surface area contributed by atoms with Gasteiger partial charge in [-0.15, -0.1) is 0 Å². The first kappa shape index (κ1) is 16.8. The Kier molecular flexibility index (Phi) is 5.35. The molecule has 0 amide bonds. The summed E-state index contributed by atoms with van der Waals surface area (Å²) in [6.07, 6.45) is 6.47. The Balaban J connectivity index is 1.87. The molecule has 1 aromatic rings. The first-order valence-corrected chi connectivity index (χ1v) is 10.2. The van der Waals surface area contributed by atoms with E-state index in [2.05, 4.69) is 11.6 Å². The summed E-state index contributed by atoms with van der Waals surface area (Å²) in [5, 5.41) is 13.5. The van der Waals surface area contributed by atoms with E-state index in [1.54, 1.807) is 24.3 Å². The van der Waals surface area contributed by atoms with E-state index < -0.39 is 15.9 Å². The lowest BCUT2D eigenvalue weighted by Gasteiger charge is -2.40. The zero-order valence-corrected chi connectivity index (χ0v) is 14.1. The summed E-state index contributed by atoms with van der Waals surface area (Å²) in [6, 6.07) is 6.44. The molecule has 4 nitrogen and oxygen atoms in total. The number of hydrogen-bond donors (Lipinski definition) is 2. The molecule has 1 fully saturated rings. The van der Waals surface area contributed by atoms with E-state index in [9.17, 15) is 13.5 Å². The molecule has 1 aliphatic rings. The molecule has 21 heavy (non-hydrogen) atoms. The molecular formula is C15H23NO3S2. The fourth-order valence-corrected chi connectivity index (χ4v) is 4.09. The van der Waals surface area contributed by atoms with E-state index in [4.69, 9.17) is 0 Å². The fourth-order valence-electron chi connectivity index (χ4n) is 2.52. The molecule has 1 aliphatic carbocycles. The molecule has 0 radical (unpaired) electrons. The van der Waals surface area contributed by atoms with Crippen LogP contribution < -0.4 is 5.32 Å². The van der Waals surface area contributed by atoms with Gasteiger partial charge in [-0.2, -0.15) is 11.8 Å². The third-order valence-corrected chi connectivity index (χ3v) is 6.72. The molecule has 0 saturated heterocycles. The molecule has 0 aliphatic heterocycles. The summed E-state index contributed by atoms with van der Waals surface area (Å²) in [6.45, 7) is 1.40. The highest BCUT2D eigenvalue weighted by molar-refractivity contribution is 8.00. The minimum Gasteiger partial charge on any atom is -0.387 e. The van der Waals surface area contributed by atoms with Crippen molar-refractivity contribution in [3.05, 3.63) is 29.8 Å². The highest BCUT2D eigenvalue weighted by Gasteiger charge is 2.35. The highest BCUT2D eigenvalue weighted by atomic mass is 32.2. The number of benzene rings is 1. The van der Waals surface area contributed by atoms with Crippen molar-refractivity contribution in [3.8, 4) is 0 Å². The maximum atomic E-state index is 11.4. The lowest BCUT2D eigenvalue weighted by molar-refractivity contribution is 0.171. The third kappa shape index (κ3) is 4.22. The largest absolute Gasteiger partial charge is 0.387 e. The van der Waals surface area contributed by atoms with Crippen molar-refractivity contribution in [1.29, 1.82) is 0 Å². The van der Waals surface area contributed by atoms with Gasteiger partial charge in [-0.05, 0) is 36.8 Å². The lowest BCUT2D eigenvalue weighted by Crippen LogP contribution is -2.44. The first-order chi connectivity index (χ1) is 9.86. The Morgan fingerprint density at radius 3 is 2.38 bits per heavy atom. The summed E-state index contributed by atoms with van der Waals surface area (Å²) in [5.41, 5.74) is 0.738. The number of sulfone groups is 1. The fraction of sp³-hybridized carbons (Fsp3) is 0.600. The van der Waals surface area contributed by atoms with Gasteiger partial charge in [0.25, 0.3) is 0 Å². The van der Waals surface area contributed by atoms with Gasteiger partial charge in [0, 0.05) is 24.1 Å². The number of aliphatic hydroxyl groups excluding tert-OH is 1. The van der Waals surface area contributed by atoms with Crippen molar-refractivity contribution in [2.45, 2.75) is 35.0 Å². The molecule has 2 rings (SSSR count). The number of nitrogens with one attached hydrogen (secondary N) is 1. The van der Waals surface area contributed by atoms with Gasteiger partial charge in [0.05, 0.1) is 11.0 Å². The summed E-state index contributed by atoms with van der Waals surface area (Å²) in [4.78, 5) is 0.280. The predicted octanol–water partition coefficient (Wildman–Crippen LogP) is 2.00. The van der Waals surface area contributed by atoms with Crippen LogP contribution in [0.5, 0.6) is 0 Å². The second kappa shape index (κ2) is 6.69. The first-order valence-electron chi connectivity index (χ1n) is 7.10. The maximum absolute atomic E-state index is 11.4. The van der Waals surface area contributed by atoms with Gasteiger partial charge in [0.2, 0.25) is 0 Å². The smallest absolute Gasteiger partial charge is 0.175 e. The SMILES string of the molecule is CSC1(CNCC(O)c2ccc(S(C)(=O)=O)cc2)CCC1. The van der Waals surface area contributed by atoms with Crippen molar-refractivity contribution < 1.29 is 13.5 Å². The van der Waals surface area contributed by atoms with Gasteiger partial charge in [0.1, 0.15) is 0 Å². The highest BCUT2D eigenvalue weighted by Crippen LogP contribution is 2.42. The van der Waals surface area contributed by atoms with Gasteiger partial charge < -0.3 is 10.4 Å². The Labute approximate surface area is 131 Å². The predicted molar refractivity (Wildman–Crippen MR) is 87.5 cm³/mol. The minimum atomic E-state index is -3.18. The molecule has 0 bridgehead atoms. The van der Waals surface area contributed by atoms with E-state index in [-0.39, 0.29) is 4.90 Å². The average molecular weight is 329 g/mol. The zero-order valence-electron chi connectivity index (χ0n) is 12.5. The van der Waals surface area contributed by atoms with Crippen LogP contribution in [0.1, 0.15) is 30.9 Å². The van der Waals surface area contributed by atoms with Crippen molar-refractivity contribution in [1.82, 2.24) is 5.32 Å².